The molecule has 388 valence electrons. The number of allylic oxidation sites excluding steroid dienone is 16. The molecule has 0 aromatic rings. The van der Waals surface area contributed by atoms with E-state index in [1.807, 2.05) is 21.1 Å². The highest BCUT2D eigenvalue weighted by atomic mass is 16.7. The number of carboxylic acids is 1. The highest BCUT2D eigenvalue weighted by Crippen LogP contribution is 2.14. The maximum absolute atomic E-state index is 12.8. The average molecular weight is 951 g/mol. The molecular weight excluding hydrogens is 851 g/mol. The van der Waals surface area contributed by atoms with Crippen molar-refractivity contribution in [2.24, 2.45) is 0 Å². The molecule has 0 amide bonds. The van der Waals surface area contributed by atoms with E-state index in [9.17, 15) is 19.5 Å². The second-order valence-corrected chi connectivity index (χ2v) is 18.8. The highest BCUT2D eigenvalue weighted by Gasteiger charge is 2.25. The SMILES string of the molecule is CC/C=C\C/C=C\C/C=C\C/C=C\C/C=C\C/C=C\C/C=C\C/C=C\CCCCCCCCCCC(=O)OC(COC(=O)CCCCCCCCCCCC)COC(OCC[N+](C)(C)C)C(=O)O. The number of carboxylic acid groups (broad SMARTS) is 1. The zero-order valence-electron chi connectivity index (χ0n) is 44.0. The van der Waals surface area contributed by atoms with Crippen molar-refractivity contribution in [3.63, 3.8) is 0 Å². The van der Waals surface area contributed by atoms with E-state index in [1.165, 1.54) is 70.6 Å². The molecule has 0 rings (SSSR count). The predicted octanol–water partition coefficient (Wildman–Crippen LogP) is 15.4. The molecule has 2 atom stereocenters. The first-order valence-corrected chi connectivity index (χ1v) is 26.9. The fourth-order valence-corrected chi connectivity index (χ4v) is 6.97. The van der Waals surface area contributed by atoms with E-state index in [0.29, 0.717) is 23.9 Å². The van der Waals surface area contributed by atoms with Gasteiger partial charge in [-0.05, 0) is 77.0 Å². The van der Waals surface area contributed by atoms with Crippen LogP contribution in [0.5, 0.6) is 0 Å². The minimum absolute atomic E-state index is 0.182. The summed E-state index contributed by atoms with van der Waals surface area (Å²) in [5.41, 5.74) is 0. The smallest absolute Gasteiger partial charge is 0.361 e. The van der Waals surface area contributed by atoms with Crippen molar-refractivity contribution < 1.29 is 42.9 Å². The summed E-state index contributed by atoms with van der Waals surface area (Å²) in [6, 6.07) is 0. The van der Waals surface area contributed by atoms with E-state index >= 15 is 0 Å². The van der Waals surface area contributed by atoms with Gasteiger partial charge in [0.2, 0.25) is 0 Å². The number of carbonyl (C=O) groups is 3. The van der Waals surface area contributed by atoms with Crippen molar-refractivity contribution in [2.75, 3.05) is 47.5 Å². The molecule has 0 spiro atoms. The lowest BCUT2D eigenvalue weighted by Gasteiger charge is -2.25. The van der Waals surface area contributed by atoms with Gasteiger partial charge in [0.15, 0.2) is 6.10 Å². The second kappa shape index (κ2) is 49.6. The standard InChI is InChI=1S/C59H99NO8/c1-6-8-10-12-14-16-18-19-20-21-22-23-24-25-26-27-28-29-30-31-32-33-34-35-36-37-38-39-40-42-44-46-48-50-57(62)68-55(54-67-59(58(63)64)65-52-51-60(3,4)5)53-66-56(61)49-47-45-43-41-17-15-13-11-9-7-2/h8,10,14,16,19-20,22-23,25-26,28-29,31-32,34-35,55,59H,6-7,9,11-13,15,17-18,21,24,27,30,33,36-54H2,1-5H3/p+1/b10-8-,16-14-,20-19-,23-22-,26-25-,29-28-,32-31-,35-34-. The molecule has 0 aliphatic heterocycles. The van der Waals surface area contributed by atoms with Crippen molar-refractivity contribution in [3.05, 3.63) is 97.2 Å². The number of hydrogen-bond donors (Lipinski definition) is 1. The zero-order valence-corrected chi connectivity index (χ0v) is 44.0. The van der Waals surface area contributed by atoms with Crippen molar-refractivity contribution in [1.82, 2.24) is 0 Å². The van der Waals surface area contributed by atoms with E-state index < -0.39 is 24.3 Å². The molecule has 0 aromatic heterocycles. The number of nitrogens with zero attached hydrogens (tertiary/aromatic N) is 1. The lowest BCUT2D eigenvalue weighted by atomic mass is 10.1. The fraction of sp³-hybridized carbons (Fsp3) is 0.678. The van der Waals surface area contributed by atoms with Crippen molar-refractivity contribution in [2.45, 2.75) is 212 Å². The lowest BCUT2D eigenvalue weighted by Crippen LogP contribution is -2.40. The number of esters is 2. The van der Waals surface area contributed by atoms with Crippen LogP contribution in [-0.4, -0.2) is 87.4 Å². The van der Waals surface area contributed by atoms with Gasteiger partial charge < -0.3 is 28.5 Å². The van der Waals surface area contributed by atoms with E-state index in [0.717, 1.165) is 96.3 Å². The Balaban J connectivity index is 4.21. The first kappa shape index (κ1) is 64.2. The topological polar surface area (TPSA) is 108 Å². The van der Waals surface area contributed by atoms with Crippen molar-refractivity contribution >= 4 is 17.9 Å². The van der Waals surface area contributed by atoms with Gasteiger partial charge in [-0.1, -0.05) is 207 Å². The Morgan fingerprint density at radius 3 is 1.25 bits per heavy atom. The molecule has 2 unspecified atom stereocenters. The minimum atomic E-state index is -1.51. The summed E-state index contributed by atoms with van der Waals surface area (Å²) in [5.74, 6) is -2.03. The molecular formula is C59H100NO8+. The molecule has 9 heteroatoms. The summed E-state index contributed by atoms with van der Waals surface area (Å²) < 4.78 is 22.8. The maximum atomic E-state index is 12.8. The number of rotatable bonds is 48. The van der Waals surface area contributed by atoms with Crippen LogP contribution in [0.1, 0.15) is 200 Å². The monoisotopic (exact) mass is 951 g/mol. The third-order valence-electron chi connectivity index (χ3n) is 11.1. The molecule has 0 bridgehead atoms. The number of carbonyl (C=O) groups excluding carboxylic acids is 2. The molecule has 9 nitrogen and oxygen atoms in total. The second-order valence-electron chi connectivity index (χ2n) is 18.8. The number of quaternary nitrogens is 1. The van der Waals surface area contributed by atoms with Gasteiger partial charge in [-0.25, -0.2) is 4.79 Å². The summed E-state index contributed by atoms with van der Waals surface area (Å²) in [4.78, 5) is 37.2. The summed E-state index contributed by atoms with van der Waals surface area (Å²) in [5, 5.41) is 9.66. The summed E-state index contributed by atoms with van der Waals surface area (Å²) in [7, 11) is 5.95. The van der Waals surface area contributed by atoms with Crippen LogP contribution >= 0.6 is 0 Å². The Morgan fingerprint density at radius 1 is 0.456 bits per heavy atom. The predicted molar refractivity (Wildman–Crippen MR) is 285 cm³/mol. The van der Waals surface area contributed by atoms with Crippen LogP contribution in [0, 0.1) is 0 Å². The fourth-order valence-electron chi connectivity index (χ4n) is 6.97. The van der Waals surface area contributed by atoms with Gasteiger partial charge in [0.05, 0.1) is 34.4 Å². The molecule has 0 radical (unpaired) electrons. The Hall–Kier alpha value is -3.79. The Kier molecular flexibility index (Phi) is 46.9. The van der Waals surface area contributed by atoms with Gasteiger partial charge in [-0.2, -0.15) is 0 Å². The summed E-state index contributed by atoms with van der Waals surface area (Å²) in [6.07, 6.45) is 63.4. The molecule has 1 N–H and O–H groups in total. The Labute approximate surface area is 416 Å². The first-order valence-electron chi connectivity index (χ1n) is 26.9. The number of aliphatic carboxylic acids is 1. The van der Waals surface area contributed by atoms with Gasteiger partial charge in [0.1, 0.15) is 13.2 Å². The molecule has 0 aliphatic carbocycles. The lowest BCUT2D eigenvalue weighted by molar-refractivity contribution is -0.870. The van der Waals surface area contributed by atoms with Crippen LogP contribution in [0.3, 0.4) is 0 Å². The van der Waals surface area contributed by atoms with Gasteiger partial charge in [0.25, 0.3) is 6.29 Å². The average Bonchev–Trinajstić information content (AvgIpc) is 3.30. The third kappa shape index (κ3) is 50.1. The molecule has 0 saturated heterocycles. The van der Waals surface area contributed by atoms with Gasteiger partial charge in [0, 0.05) is 12.8 Å². The van der Waals surface area contributed by atoms with Gasteiger partial charge in [-0.3, -0.25) is 9.59 Å². The molecule has 68 heavy (non-hydrogen) atoms. The molecule has 0 heterocycles. The van der Waals surface area contributed by atoms with Crippen LogP contribution < -0.4 is 0 Å². The summed E-state index contributed by atoms with van der Waals surface area (Å²) >= 11 is 0. The van der Waals surface area contributed by atoms with E-state index in [1.54, 1.807) is 0 Å². The zero-order chi connectivity index (χ0) is 49.9. The first-order chi connectivity index (χ1) is 33.1. The molecule has 0 aromatic carbocycles. The minimum Gasteiger partial charge on any atom is -0.477 e. The van der Waals surface area contributed by atoms with Crippen LogP contribution in [0.25, 0.3) is 0 Å². The van der Waals surface area contributed by atoms with Crippen LogP contribution in [0.15, 0.2) is 97.2 Å². The van der Waals surface area contributed by atoms with Gasteiger partial charge >= 0.3 is 17.9 Å². The highest BCUT2D eigenvalue weighted by molar-refractivity contribution is 5.71. The largest absolute Gasteiger partial charge is 0.477 e. The third-order valence-corrected chi connectivity index (χ3v) is 11.1. The Bertz CT molecular complexity index is 1430. The summed E-state index contributed by atoms with van der Waals surface area (Å²) in [6.45, 7) is 4.72. The number of hydrogen-bond acceptors (Lipinski definition) is 7. The Morgan fingerprint density at radius 2 is 0.838 bits per heavy atom. The molecule has 0 saturated carbocycles. The molecule has 0 aliphatic rings. The number of unbranched alkanes of at least 4 members (excludes halogenated alkanes) is 17. The maximum Gasteiger partial charge on any atom is 0.361 e. The molecule has 0 fully saturated rings. The quantitative estimate of drug-likeness (QED) is 0.0211. The van der Waals surface area contributed by atoms with Crippen LogP contribution in [-0.2, 0) is 33.3 Å². The van der Waals surface area contributed by atoms with Crippen molar-refractivity contribution in [1.29, 1.82) is 0 Å². The number of likely N-dealkylation sites (N-methyl/N-ethyl adjacent to an activating group) is 1. The van der Waals surface area contributed by atoms with E-state index in [-0.39, 0.29) is 32.2 Å². The van der Waals surface area contributed by atoms with Gasteiger partial charge in [-0.15, -0.1) is 0 Å². The van der Waals surface area contributed by atoms with E-state index in [2.05, 4.69) is 111 Å². The van der Waals surface area contributed by atoms with Crippen LogP contribution in [0.4, 0.5) is 0 Å². The number of ether oxygens (including phenoxy) is 4. The van der Waals surface area contributed by atoms with Crippen LogP contribution in [0.2, 0.25) is 0 Å². The normalized spacial score (nSPS) is 13.6. The van der Waals surface area contributed by atoms with Crippen molar-refractivity contribution in [3.8, 4) is 0 Å². The van der Waals surface area contributed by atoms with E-state index in [4.69, 9.17) is 18.9 Å².